The van der Waals surface area contributed by atoms with Crippen LogP contribution in [0.1, 0.15) is 13.3 Å². The summed E-state index contributed by atoms with van der Waals surface area (Å²) in [6.45, 7) is 4.15. The Hall–Kier alpha value is -2.72. The second-order valence-electron chi connectivity index (χ2n) is 8.72. The van der Waals surface area contributed by atoms with Crippen molar-refractivity contribution in [3.05, 3.63) is 35.5 Å². The number of nitrogens with zero attached hydrogens (tertiary/aromatic N) is 4. The van der Waals surface area contributed by atoms with Crippen molar-refractivity contribution in [1.82, 2.24) is 15.0 Å². The first-order valence-electron chi connectivity index (χ1n) is 11.9. The van der Waals surface area contributed by atoms with Crippen LogP contribution in [0.25, 0.3) is 21.8 Å². The van der Waals surface area contributed by atoms with Gasteiger partial charge in [0.25, 0.3) is 0 Å². The van der Waals surface area contributed by atoms with E-state index in [4.69, 9.17) is 21.3 Å². The second kappa shape index (κ2) is 12.2. The number of hydrogen-bond donors (Lipinski definition) is 3. The van der Waals surface area contributed by atoms with E-state index < -0.39 is 34.5 Å². The molecule has 0 saturated carbocycles. The van der Waals surface area contributed by atoms with Crippen LogP contribution in [0, 0.1) is 0 Å². The number of hydrogen-bond acceptors (Lipinski definition) is 10. The zero-order valence-corrected chi connectivity index (χ0v) is 23.1. The Kier molecular flexibility index (Phi) is 9.16. The molecule has 10 nitrogen and oxygen atoms in total. The molecule has 1 fully saturated rings. The van der Waals surface area contributed by atoms with E-state index in [0.29, 0.717) is 53.3 Å². The molecule has 1 saturated heterocycles. The number of aliphatic hydroxyl groups excluding tert-OH is 1. The Bertz CT molecular complexity index is 1400. The summed E-state index contributed by atoms with van der Waals surface area (Å²) in [7, 11) is -4.33. The number of anilines is 3. The molecule has 3 heterocycles. The van der Waals surface area contributed by atoms with E-state index >= 15 is 0 Å². The van der Waals surface area contributed by atoms with Crippen LogP contribution in [0.5, 0.6) is 0 Å². The average Bonchev–Trinajstić information content (AvgIpc) is 3.33. The summed E-state index contributed by atoms with van der Waals surface area (Å²) in [6, 6.07) is 6.24. The number of sulfonamides is 1. The summed E-state index contributed by atoms with van der Waals surface area (Å²) in [6.07, 6.45) is -5.17. The minimum atomic E-state index is -4.62. The van der Waals surface area contributed by atoms with Crippen molar-refractivity contribution in [2.75, 3.05) is 53.5 Å². The highest BCUT2D eigenvalue weighted by atomic mass is 35.5. The first-order valence-corrected chi connectivity index (χ1v) is 14.7. The summed E-state index contributed by atoms with van der Waals surface area (Å²) >= 11 is 7.97. The lowest BCUT2D eigenvalue weighted by Gasteiger charge is -2.26. The number of rotatable bonds is 10. The highest BCUT2D eigenvalue weighted by Crippen LogP contribution is 2.44. The van der Waals surface area contributed by atoms with Gasteiger partial charge in [-0.1, -0.05) is 35.1 Å². The van der Waals surface area contributed by atoms with Crippen LogP contribution in [-0.4, -0.2) is 79.4 Å². The fourth-order valence-corrected chi connectivity index (χ4v) is 6.15. The molecule has 0 spiro atoms. The summed E-state index contributed by atoms with van der Waals surface area (Å²) in [5, 5.41) is 13.2. The Labute approximate surface area is 232 Å². The molecule has 1 aliphatic heterocycles. The van der Waals surface area contributed by atoms with Crippen LogP contribution >= 0.6 is 22.9 Å². The maximum absolute atomic E-state index is 12.6. The number of aromatic nitrogens is 3. The lowest BCUT2D eigenvalue weighted by molar-refractivity contribution is -0.129. The van der Waals surface area contributed by atoms with Gasteiger partial charge in [-0.3, -0.25) is 4.72 Å². The van der Waals surface area contributed by atoms with Gasteiger partial charge in [-0.2, -0.15) is 13.2 Å². The maximum atomic E-state index is 12.6. The number of alkyl halides is 3. The standard InChI is InChI=1S/C23H26ClF3N6O4S2/c1-14(34)13-29-21-28-7-5-17(30-21)20-19(31-22(38-20)33-8-10-37-11-9-33)15-3-2-4-16(18(15)24)32-39(35,36)12-6-23(25,26)27/h2-5,7,14,32,34H,6,8-13H2,1H3,(H,28,29,30)/t14-/m0/s1. The molecule has 0 unspecified atom stereocenters. The van der Waals surface area contributed by atoms with Gasteiger partial charge < -0.3 is 20.1 Å². The van der Waals surface area contributed by atoms with Crippen LogP contribution in [0.4, 0.5) is 29.9 Å². The fourth-order valence-electron chi connectivity index (χ4n) is 3.63. The molecule has 0 bridgehead atoms. The van der Waals surface area contributed by atoms with Crippen molar-refractivity contribution < 1.29 is 31.4 Å². The lowest BCUT2D eigenvalue weighted by atomic mass is 10.1. The minimum Gasteiger partial charge on any atom is -0.392 e. The molecule has 0 radical (unpaired) electrons. The number of nitrogens with one attached hydrogen (secondary N) is 2. The number of thiazole rings is 1. The molecule has 212 valence electrons. The van der Waals surface area contributed by atoms with Crippen LogP contribution in [0.15, 0.2) is 30.5 Å². The predicted octanol–water partition coefficient (Wildman–Crippen LogP) is 4.24. The van der Waals surface area contributed by atoms with Crippen molar-refractivity contribution in [1.29, 1.82) is 0 Å². The van der Waals surface area contributed by atoms with E-state index in [9.17, 15) is 26.7 Å². The molecular formula is C23H26ClF3N6O4S2. The van der Waals surface area contributed by atoms with Crippen molar-refractivity contribution >= 4 is 49.7 Å². The summed E-state index contributed by atoms with van der Waals surface area (Å²) in [4.78, 5) is 16.2. The Balaban J connectivity index is 1.73. The van der Waals surface area contributed by atoms with Gasteiger partial charge in [-0.25, -0.2) is 23.4 Å². The minimum absolute atomic E-state index is 0.0188. The van der Waals surface area contributed by atoms with Crippen molar-refractivity contribution in [3.63, 3.8) is 0 Å². The molecule has 3 N–H and O–H groups in total. The van der Waals surface area contributed by atoms with Gasteiger partial charge in [0, 0.05) is 31.4 Å². The lowest BCUT2D eigenvalue weighted by Crippen LogP contribution is -2.36. The Morgan fingerprint density at radius 3 is 2.67 bits per heavy atom. The number of benzene rings is 1. The highest BCUT2D eigenvalue weighted by molar-refractivity contribution is 7.92. The monoisotopic (exact) mass is 606 g/mol. The quantitative estimate of drug-likeness (QED) is 0.310. The molecule has 16 heteroatoms. The normalized spacial score (nSPS) is 15.3. The van der Waals surface area contributed by atoms with Gasteiger partial charge in [-0.15, -0.1) is 0 Å². The topological polar surface area (TPSA) is 130 Å². The smallest absolute Gasteiger partial charge is 0.390 e. The number of aliphatic hydroxyl groups is 1. The number of halogens is 4. The van der Waals surface area contributed by atoms with Gasteiger partial charge in [0.15, 0.2) is 5.13 Å². The summed E-state index contributed by atoms with van der Waals surface area (Å²) < 4.78 is 70.1. The highest BCUT2D eigenvalue weighted by Gasteiger charge is 2.30. The fraction of sp³-hybridized carbons (Fsp3) is 0.435. The maximum Gasteiger partial charge on any atom is 0.390 e. The third-order valence-corrected chi connectivity index (χ3v) is 8.33. The molecule has 1 aromatic carbocycles. The van der Waals surface area contributed by atoms with Gasteiger partial charge in [0.2, 0.25) is 16.0 Å². The van der Waals surface area contributed by atoms with E-state index in [1.165, 1.54) is 23.5 Å². The number of morpholine rings is 1. The van der Waals surface area contributed by atoms with Crippen molar-refractivity contribution in [3.8, 4) is 21.8 Å². The van der Waals surface area contributed by atoms with E-state index in [1.807, 2.05) is 4.90 Å². The molecule has 2 aromatic heterocycles. The van der Waals surface area contributed by atoms with Crippen LogP contribution in [-0.2, 0) is 14.8 Å². The van der Waals surface area contributed by atoms with Gasteiger partial charge in [0.05, 0.1) is 58.5 Å². The van der Waals surface area contributed by atoms with Crippen LogP contribution in [0.2, 0.25) is 5.02 Å². The molecule has 1 aliphatic rings. The molecule has 4 rings (SSSR count). The molecule has 39 heavy (non-hydrogen) atoms. The average molecular weight is 607 g/mol. The van der Waals surface area contributed by atoms with E-state index in [2.05, 4.69) is 20.0 Å². The van der Waals surface area contributed by atoms with Crippen molar-refractivity contribution in [2.24, 2.45) is 0 Å². The molecular weight excluding hydrogens is 581 g/mol. The molecule has 0 amide bonds. The van der Waals surface area contributed by atoms with E-state index in [-0.39, 0.29) is 23.2 Å². The van der Waals surface area contributed by atoms with Gasteiger partial charge in [-0.05, 0) is 19.1 Å². The first kappa shape index (κ1) is 29.3. The third-order valence-electron chi connectivity index (χ3n) is 5.51. The van der Waals surface area contributed by atoms with Crippen LogP contribution < -0.4 is 14.9 Å². The number of ether oxygens (including phenoxy) is 1. The summed E-state index contributed by atoms with van der Waals surface area (Å²) in [5.74, 6) is -0.846. The zero-order chi connectivity index (χ0) is 28.2. The van der Waals surface area contributed by atoms with E-state index in [0.717, 1.165) is 0 Å². The van der Waals surface area contributed by atoms with Crippen molar-refractivity contribution in [2.45, 2.75) is 25.6 Å². The predicted molar refractivity (Wildman–Crippen MR) is 145 cm³/mol. The second-order valence-corrected chi connectivity index (χ2v) is 11.9. The van der Waals surface area contributed by atoms with E-state index in [1.54, 1.807) is 25.3 Å². The molecule has 3 aromatic rings. The largest absolute Gasteiger partial charge is 0.392 e. The molecule has 1 atom stereocenters. The summed E-state index contributed by atoms with van der Waals surface area (Å²) in [5.41, 5.74) is 1.24. The van der Waals surface area contributed by atoms with Gasteiger partial charge >= 0.3 is 6.18 Å². The first-order chi connectivity index (χ1) is 18.4. The van der Waals surface area contributed by atoms with Crippen LogP contribution in [0.3, 0.4) is 0 Å². The zero-order valence-electron chi connectivity index (χ0n) is 20.7. The molecule has 0 aliphatic carbocycles. The Morgan fingerprint density at radius 2 is 1.97 bits per heavy atom. The Morgan fingerprint density at radius 1 is 1.23 bits per heavy atom. The third kappa shape index (κ3) is 7.91. The SMILES string of the molecule is C[C@H](O)CNc1nccc(-c2sc(N3CCOCC3)nc2-c2cccc(NS(=O)(=O)CCC(F)(F)F)c2Cl)n1. The van der Waals surface area contributed by atoms with Gasteiger partial charge in [0.1, 0.15) is 0 Å².